The van der Waals surface area contributed by atoms with Crippen molar-refractivity contribution in [2.24, 2.45) is 22.4 Å². The number of ether oxygens (including phenoxy) is 1. The van der Waals surface area contributed by atoms with E-state index in [0.29, 0.717) is 11.4 Å². The summed E-state index contributed by atoms with van der Waals surface area (Å²) < 4.78 is 5.20. The van der Waals surface area contributed by atoms with Crippen LogP contribution in [0.25, 0.3) is 0 Å². The van der Waals surface area contributed by atoms with Crippen LogP contribution in [0.15, 0.2) is 53.6 Å². The highest BCUT2D eigenvalue weighted by atomic mass is 16.5. The highest BCUT2D eigenvalue weighted by molar-refractivity contribution is 6.24. The standard InChI is InChI=1S/C25H25N3O4/c1-25(2,3)22(29)21-19-18(20-17-8-6-5-7-14(17)13-26-28(20)21)23(30)27(24(19)31)15-9-11-16(32-4)12-10-15/h5-13,18-21H,1-4H3. The zero-order chi connectivity index (χ0) is 22.8. The Bertz CT molecular complexity index is 1150. The molecule has 2 fully saturated rings. The van der Waals surface area contributed by atoms with Crippen molar-refractivity contribution in [1.29, 1.82) is 0 Å². The van der Waals surface area contributed by atoms with Gasteiger partial charge in [0.2, 0.25) is 11.8 Å². The smallest absolute Gasteiger partial charge is 0.240 e. The zero-order valence-corrected chi connectivity index (χ0v) is 18.5. The van der Waals surface area contributed by atoms with E-state index in [9.17, 15) is 14.4 Å². The average molecular weight is 431 g/mol. The van der Waals surface area contributed by atoms with Crippen LogP contribution in [0.5, 0.6) is 5.75 Å². The van der Waals surface area contributed by atoms with Gasteiger partial charge in [-0.15, -0.1) is 0 Å². The van der Waals surface area contributed by atoms with E-state index in [1.165, 1.54) is 4.90 Å². The second kappa shape index (κ2) is 7.02. The molecule has 0 spiro atoms. The van der Waals surface area contributed by atoms with Crippen molar-refractivity contribution in [3.63, 3.8) is 0 Å². The number of Topliss-reactive ketones (excluding diaryl/α,β-unsaturated/α-hetero) is 1. The Balaban J connectivity index is 1.64. The van der Waals surface area contributed by atoms with Gasteiger partial charge < -0.3 is 4.74 Å². The van der Waals surface area contributed by atoms with Gasteiger partial charge >= 0.3 is 0 Å². The number of hydrogen-bond acceptors (Lipinski definition) is 6. The van der Waals surface area contributed by atoms with E-state index in [1.54, 1.807) is 42.6 Å². The topological polar surface area (TPSA) is 79.3 Å². The van der Waals surface area contributed by atoms with Gasteiger partial charge in [0.15, 0.2) is 5.78 Å². The van der Waals surface area contributed by atoms with Crippen LogP contribution in [0.1, 0.15) is 37.9 Å². The first-order valence-electron chi connectivity index (χ1n) is 10.7. The lowest BCUT2D eigenvalue weighted by atomic mass is 9.79. The van der Waals surface area contributed by atoms with Gasteiger partial charge in [-0.3, -0.25) is 19.4 Å². The molecule has 5 rings (SSSR count). The molecule has 0 N–H and O–H groups in total. The molecule has 7 heteroatoms. The molecule has 32 heavy (non-hydrogen) atoms. The van der Waals surface area contributed by atoms with Crippen molar-refractivity contribution in [3.05, 3.63) is 59.7 Å². The van der Waals surface area contributed by atoms with E-state index >= 15 is 0 Å². The molecule has 0 saturated carbocycles. The van der Waals surface area contributed by atoms with Crippen LogP contribution >= 0.6 is 0 Å². The van der Waals surface area contributed by atoms with E-state index in [4.69, 9.17) is 4.74 Å². The van der Waals surface area contributed by atoms with Crippen molar-refractivity contribution in [2.45, 2.75) is 32.9 Å². The molecule has 0 radical (unpaired) electrons. The van der Waals surface area contributed by atoms with Gasteiger partial charge in [0.1, 0.15) is 11.8 Å². The number of nitrogens with zero attached hydrogens (tertiary/aromatic N) is 3. The molecule has 3 aliphatic rings. The van der Waals surface area contributed by atoms with E-state index < -0.39 is 29.3 Å². The summed E-state index contributed by atoms with van der Waals surface area (Å²) in [7, 11) is 1.56. The lowest BCUT2D eigenvalue weighted by Crippen LogP contribution is -2.48. The third kappa shape index (κ3) is 2.80. The fourth-order valence-corrected chi connectivity index (χ4v) is 5.10. The van der Waals surface area contributed by atoms with Crippen LogP contribution in [-0.2, 0) is 14.4 Å². The Hall–Kier alpha value is -3.48. The van der Waals surface area contributed by atoms with Gasteiger partial charge in [-0.25, -0.2) is 4.90 Å². The maximum Gasteiger partial charge on any atom is 0.240 e. The number of carbonyl (C=O) groups is 3. The molecule has 2 saturated heterocycles. The second-order valence-electron chi connectivity index (χ2n) is 9.52. The van der Waals surface area contributed by atoms with Gasteiger partial charge in [0.05, 0.1) is 36.9 Å². The molecule has 0 aromatic heterocycles. The number of rotatable bonds is 3. The van der Waals surface area contributed by atoms with Crippen LogP contribution in [0.2, 0.25) is 0 Å². The number of hydrazone groups is 1. The summed E-state index contributed by atoms with van der Waals surface area (Å²) >= 11 is 0. The first-order valence-corrected chi connectivity index (χ1v) is 10.7. The molecule has 3 heterocycles. The lowest BCUT2D eigenvalue weighted by molar-refractivity contribution is -0.136. The van der Waals surface area contributed by atoms with E-state index in [-0.39, 0.29) is 17.6 Å². The molecule has 0 bridgehead atoms. The molecular weight excluding hydrogens is 406 g/mol. The third-order valence-corrected chi connectivity index (χ3v) is 6.63. The van der Waals surface area contributed by atoms with Gasteiger partial charge in [-0.05, 0) is 35.4 Å². The van der Waals surface area contributed by atoms with Gasteiger partial charge in [-0.1, -0.05) is 45.0 Å². The first kappa shape index (κ1) is 20.4. The monoisotopic (exact) mass is 431 g/mol. The minimum Gasteiger partial charge on any atom is -0.497 e. The van der Waals surface area contributed by atoms with Crippen molar-refractivity contribution < 1.29 is 19.1 Å². The number of hydrogen-bond donors (Lipinski definition) is 0. The fraction of sp³-hybridized carbons (Fsp3) is 0.360. The Morgan fingerprint density at radius 1 is 0.969 bits per heavy atom. The van der Waals surface area contributed by atoms with E-state index in [1.807, 2.05) is 45.0 Å². The number of imide groups is 1. The number of anilines is 1. The minimum atomic E-state index is -0.797. The molecule has 2 amide bonds. The minimum absolute atomic E-state index is 0.0933. The van der Waals surface area contributed by atoms with Crippen LogP contribution in [0.4, 0.5) is 5.69 Å². The predicted molar refractivity (Wildman–Crippen MR) is 119 cm³/mol. The quantitative estimate of drug-likeness (QED) is 0.698. The summed E-state index contributed by atoms with van der Waals surface area (Å²) in [6.45, 7) is 5.51. The molecule has 2 aromatic carbocycles. The Labute approximate surface area is 186 Å². The second-order valence-corrected chi connectivity index (χ2v) is 9.52. The Kier molecular flexibility index (Phi) is 4.48. The summed E-state index contributed by atoms with van der Waals surface area (Å²) in [4.78, 5) is 42.2. The molecule has 164 valence electrons. The summed E-state index contributed by atoms with van der Waals surface area (Å²) in [5.41, 5.74) is 1.61. The molecule has 7 nitrogen and oxygen atoms in total. The summed E-state index contributed by atoms with van der Waals surface area (Å²) in [6.07, 6.45) is 1.71. The summed E-state index contributed by atoms with van der Waals surface area (Å²) in [5.74, 6) is -1.57. The number of ketones is 1. The van der Waals surface area contributed by atoms with Gasteiger partial charge in [0.25, 0.3) is 0 Å². The number of benzene rings is 2. The Morgan fingerprint density at radius 2 is 1.62 bits per heavy atom. The van der Waals surface area contributed by atoms with Crippen molar-refractivity contribution >= 4 is 29.5 Å². The van der Waals surface area contributed by atoms with Gasteiger partial charge in [-0.2, -0.15) is 5.10 Å². The molecule has 2 aromatic rings. The van der Waals surface area contributed by atoms with Crippen molar-refractivity contribution in [2.75, 3.05) is 12.0 Å². The number of amides is 2. The van der Waals surface area contributed by atoms with Crippen LogP contribution < -0.4 is 9.64 Å². The number of fused-ring (bicyclic) bond motifs is 5. The normalized spacial score (nSPS) is 26.1. The zero-order valence-electron chi connectivity index (χ0n) is 18.5. The van der Waals surface area contributed by atoms with Crippen molar-refractivity contribution in [3.8, 4) is 5.75 Å². The average Bonchev–Trinajstić information content (AvgIpc) is 3.25. The van der Waals surface area contributed by atoms with Crippen LogP contribution in [0.3, 0.4) is 0 Å². The predicted octanol–water partition coefficient (Wildman–Crippen LogP) is 3.19. The summed E-state index contributed by atoms with van der Waals surface area (Å²) in [6, 6.07) is 13.3. The summed E-state index contributed by atoms with van der Waals surface area (Å²) in [5, 5.41) is 6.27. The maximum absolute atomic E-state index is 13.7. The van der Waals surface area contributed by atoms with Crippen molar-refractivity contribution in [1.82, 2.24) is 5.01 Å². The van der Waals surface area contributed by atoms with E-state index in [2.05, 4.69) is 5.10 Å². The molecular formula is C25H25N3O4. The largest absolute Gasteiger partial charge is 0.497 e. The van der Waals surface area contributed by atoms with E-state index in [0.717, 1.165) is 11.1 Å². The maximum atomic E-state index is 13.7. The molecule has 4 unspecified atom stereocenters. The molecule has 4 atom stereocenters. The number of carbonyl (C=O) groups excluding carboxylic acids is 3. The number of methoxy groups -OCH3 is 1. The van der Waals surface area contributed by atoms with Gasteiger partial charge in [0, 0.05) is 5.41 Å². The van der Waals surface area contributed by atoms with Crippen LogP contribution in [0, 0.1) is 17.3 Å². The molecule has 0 aliphatic carbocycles. The SMILES string of the molecule is COc1ccc(N2C(=O)C3C(C2=O)C2c4ccccc4C=NN2C3C(=O)C(C)(C)C)cc1. The van der Waals surface area contributed by atoms with Crippen LogP contribution in [-0.4, -0.2) is 42.0 Å². The molecule has 3 aliphatic heterocycles. The third-order valence-electron chi connectivity index (χ3n) is 6.63. The highest BCUT2D eigenvalue weighted by Gasteiger charge is 2.66. The Morgan fingerprint density at radius 3 is 2.28 bits per heavy atom. The first-order chi connectivity index (χ1) is 15.2. The fourth-order valence-electron chi connectivity index (χ4n) is 5.10. The highest BCUT2D eigenvalue weighted by Crippen LogP contribution is 2.53. The lowest BCUT2D eigenvalue weighted by Gasteiger charge is -2.35.